The third-order valence-corrected chi connectivity index (χ3v) is 4.56. The van der Waals surface area contributed by atoms with Crippen LogP contribution in [-0.4, -0.2) is 17.1 Å². The number of thiophene rings is 1. The first-order chi connectivity index (χ1) is 9.49. The van der Waals surface area contributed by atoms with E-state index >= 15 is 0 Å². The van der Waals surface area contributed by atoms with Gasteiger partial charge in [-0.25, -0.2) is 4.79 Å². The van der Waals surface area contributed by atoms with E-state index in [0.29, 0.717) is 10.5 Å². The van der Waals surface area contributed by atoms with Crippen molar-refractivity contribution in [1.29, 1.82) is 0 Å². The lowest BCUT2D eigenvalue weighted by Crippen LogP contribution is -2.29. The first-order valence-electron chi connectivity index (χ1n) is 6.31. The predicted molar refractivity (Wildman–Crippen MR) is 86.7 cm³/mol. The van der Waals surface area contributed by atoms with E-state index in [9.17, 15) is 4.79 Å². The van der Waals surface area contributed by atoms with E-state index in [0.717, 1.165) is 12.2 Å². The van der Waals surface area contributed by atoms with Crippen LogP contribution in [0.4, 0.5) is 5.69 Å². The Bertz CT molecular complexity index is 596. The highest BCUT2D eigenvalue weighted by Crippen LogP contribution is 2.27. The molecule has 0 aliphatic rings. The minimum Gasteiger partial charge on any atom is -0.478 e. The van der Waals surface area contributed by atoms with Gasteiger partial charge in [-0.3, -0.25) is 0 Å². The summed E-state index contributed by atoms with van der Waals surface area (Å²) < 4.78 is 0.610. The van der Waals surface area contributed by atoms with Crippen molar-refractivity contribution in [3.63, 3.8) is 0 Å². The van der Waals surface area contributed by atoms with Crippen LogP contribution in [0.2, 0.25) is 0 Å². The molecule has 0 amide bonds. The van der Waals surface area contributed by atoms with Crippen molar-refractivity contribution in [1.82, 2.24) is 0 Å². The molecular weight excluding hydrogens is 338 g/mol. The second-order valence-electron chi connectivity index (χ2n) is 4.77. The summed E-state index contributed by atoms with van der Waals surface area (Å²) in [5.41, 5.74) is 1.30. The number of hydrogen-bond donors (Lipinski definition) is 1. The summed E-state index contributed by atoms with van der Waals surface area (Å²) in [4.78, 5) is 14.6. The number of benzene rings is 1. The minimum atomic E-state index is -0.919. The van der Waals surface area contributed by atoms with Crippen LogP contribution in [0.5, 0.6) is 0 Å². The van der Waals surface area contributed by atoms with Crippen molar-refractivity contribution >= 4 is 38.9 Å². The average Bonchev–Trinajstić information content (AvgIpc) is 2.87. The number of carbonyl (C=O) groups is 1. The number of nitrogens with zero attached hydrogens (tertiary/aromatic N) is 1. The number of hydrogen-bond acceptors (Lipinski definition) is 3. The van der Waals surface area contributed by atoms with E-state index < -0.39 is 5.97 Å². The molecule has 1 aromatic heterocycles. The van der Waals surface area contributed by atoms with Gasteiger partial charge < -0.3 is 10.0 Å². The number of carboxylic acid groups (broad SMARTS) is 1. The molecule has 0 aliphatic carbocycles. The van der Waals surface area contributed by atoms with Crippen molar-refractivity contribution in [3.05, 3.63) is 50.6 Å². The van der Waals surface area contributed by atoms with Crippen LogP contribution in [-0.2, 0) is 6.54 Å². The van der Waals surface area contributed by atoms with E-state index in [2.05, 4.69) is 46.1 Å². The summed E-state index contributed by atoms with van der Waals surface area (Å²) >= 11 is 5.07. The van der Waals surface area contributed by atoms with Crippen molar-refractivity contribution < 1.29 is 9.90 Å². The fourth-order valence-corrected chi connectivity index (χ4v) is 3.24. The normalized spacial score (nSPS) is 10.8. The molecule has 2 aromatic rings. The van der Waals surface area contributed by atoms with Crippen LogP contribution >= 0.6 is 27.3 Å². The van der Waals surface area contributed by atoms with Crippen LogP contribution in [0.3, 0.4) is 0 Å². The number of rotatable bonds is 5. The van der Waals surface area contributed by atoms with Crippen LogP contribution in [0.15, 0.2) is 40.2 Å². The lowest BCUT2D eigenvalue weighted by Gasteiger charge is -2.29. The molecule has 0 saturated carbocycles. The fraction of sp³-hybridized carbons (Fsp3) is 0.267. The maximum atomic E-state index is 11.1. The van der Waals surface area contributed by atoms with Gasteiger partial charge in [0.2, 0.25) is 0 Å². The van der Waals surface area contributed by atoms with E-state index in [1.165, 1.54) is 4.88 Å². The van der Waals surface area contributed by atoms with Gasteiger partial charge in [0.15, 0.2) is 0 Å². The molecular formula is C15H16BrNO2S. The topological polar surface area (TPSA) is 40.5 Å². The Morgan fingerprint density at radius 2 is 2.15 bits per heavy atom. The SMILES string of the molecule is CC(C)N(Cc1cccs1)c1ccc(C(=O)O)c(Br)c1. The van der Waals surface area contributed by atoms with Gasteiger partial charge in [0.05, 0.1) is 12.1 Å². The van der Waals surface area contributed by atoms with Crippen molar-refractivity contribution in [3.8, 4) is 0 Å². The zero-order valence-electron chi connectivity index (χ0n) is 11.3. The predicted octanol–water partition coefficient (Wildman–Crippen LogP) is 4.62. The summed E-state index contributed by atoms with van der Waals surface area (Å²) in [6.45, 7) is 5.09. The van der Waals surface area contributed by atoms with Gasteiger partial charge in [-0.1, -0.05) is 6.07 Å². The van der Waals surface area contributed by atoms with Gasteiger partial charge >= 0.3 is 5.97 Å². The number of halogens is 1. The molecule has 106 valence electrons. The van der Waals surface area contributed by atoms with Gasteiger partial charge in [0.1, 0.15) is 0 Å². The molecule has 0 aliphatic heterocycles. The van der Waals surface area contributed by atoms with Crippen LogP contribution in [0, 0.1) is 0 Å². The van der Waals surface area contributed by atoms with Gasteiger partial charge in [-0.15, -0.1) is 11.3 Å². The highest BCUT2D eigenvalue weighted by atomic mass is 79.9. The van der Waals surface area contributed by atoms with Gasteiger partial charge in [0, 0.05) is 21.1 Å². The lowest BCUT2D eigenvalue weighted by atomic mass is 10.1. The van der Waals surface area contributed by atoms with E-state index in [-0.39, 0.29) is 5.56 Å². The molecule has 1 aromatic carbocycles. The third kappa shape index (κ3) is 3.41. The molecule has 0 unspecified atom stereocenters. The van der Waals surface area contributed by atoms with E-state index in [4.69, 9.17) is 5.11 Å². The summed E-state index contributed by atoms with van der Waals surface area (Å²) in [5, 5.41) is 11.1. The number of carboxylic acids is 1. The highest BCUT2D eigenvalue weighted by molar-refractivity contribution is 9.10. The number of anilines is 1. The van der Waals surface area contributed by atoms with Gasteiger partial charge in [-0.2, -0.15) is 0 Å². The Kier molecular flexibility index (Phi) is 4.83. The zero-order valence-corrected chi connectivity index (χ0v) is 13.7. The maximum Gasteiger partial charge on any atom is 0.336 e. The van der Waals surface area contributed by atoms with Gasteiger partial charge in [0.25, 0.3) is 0 Å². The molecule has 20 heavy (non-hydrogen) atoms. The van der Waals surface area contributed by atoms with Crippen molar-refractivity contribution in [2.24, 2.45) is 0 Å². The second-order valence-corrected chi connectivity index (χ2v) is 6.66. The fourth-order valence-electron chi connectivity index (χ4n) is 2.00. The summed E-state index contributed by atoms with van der Waals surface area (Å²) in [7, 11) is 0. The van der Waals surface area contributed by atoms with E-state index in [1.54, 1.807) is 17.4 Å². The Morgan fingerprint density at radius 1 is 1.40 bits per heavy atom. The molecule has 0 atom stereocenters. The first kappa shape index (κ1) is 15.1. The number of aromatic carboxylic acids is 1. The van der Waals surface area contributed by atoms with Crippen LogP contribution < -0.4 is 4.90 Å². The zero-order chi connectivity index (χ0) is 14.7. The largest absolute Gasteiger partial charge is 0.478 e. The Labute approximate surface area is 131 Å². The molecule has 0 bridgehead atoms. The standard InChI is InChI=1S/C15H16BrNO2S/c1-10(2)17(9-12-4-3-7-20-12)11-5-6-13(15(18)19)14(16)8-11/h3-8,10H,9H2,1-2H3,(H,18,19). The third-order valence-electron chi connectivity index (χ3n) is 3.04. The Balaban J connectivity index is 2.30. The quantitative estimate of drug-likeness (QED) is 0.852. The molecule has 0 radical (unpaired) electrons. The lowest BCUT2D eigenvalue weighted by molar-refractivity contribution is 0.0696. The molecule has 0 saturated heterocycles. The maximum absolute atomic E-state index is 11.1. The monoisotopic (exact) mass is 353 g/mol. The molecule has 0 fully saturated rings. The highest BCUT2D eigenvalue weighted by Gasteiger charge is 2.15. The van der Waals surface area contributed by atoms with Gasteiger partial charge in [-0.05, 0) is 59.4 Å². The summed E-state index contributed by atoms with van der Waals surface area (Å²) in [6, 6.07) is 9.87. The minimum absolute atomic E-state index is 0.286. The summed E-state index contributed by atoms with van der Waals surface area (Å²) in [6.07, 6.45) is 0. The van der Waals surface area contributed by atoms with E-state index in [1.807, 2.05) is 18.2 Å². The first-order valence-corrected chi connectivity index (χ1v) is 7.98. The van der Waals surface area contributed by atoms with Crippen molar-refractivity contribution in [2.75, 3.05) is 4.90 Å². The smallest absolute Gasteiger partial charge is 0.336 e. The Morgan fingerprint density at radius 3 is 2.65 bits per heavy atom. The molecule has 1 heterocycles. The molecule has 0 spiro atoms. The molecule has 1 N–H and O–H groups in total. The molecule has 5 heteroatoms. The average molecular weight is 354 g/mol. The summed E-state index contributed by atoms with van der Waals surface area (Å²) in [5.74, 6) is -0.919. The molecule has 2 rings (SSSR count). The second kappa shape index (κ2) is 6.41. The molecule has 3 nitrogen and oxygen atoms in total. The van der Waals surface area contributed by atoms with Crippen LogP contribution in [0.1, 0.15) is 29.1 Å². The van der Waals surface area contributed by atoms with Crippen molar-refractivity contribution in [2.45, 2.75) is 26.4 Å². The van der Waals surface area contributed by atoms with Crippen LogP contribution in [0.25, 0.3) is 0 Å². The Hall–Kier alpha value is -1.33.